The molecular formula is C18H17BrO3. The summed E-state index contributed by atoms with van der Waals surface area (Å²) in [6.45, 7) is 1.99. The van der Waals surface area contributed by atoms with Crippen molar-refractivity contribution < 1.29 is 14.3 Å². The maximum absolute atomic E-state index is 12.2. The topological polar surface area (TPSA) is 35.5 Å². The second-order valence-electron chi connectivity index (χ2n) is 4.79. The smallest absolute Gasteiger partial charge is 0.185 e. The van der Waals surface area contributed by atoms with Crippen molar-refractivity contribution in [3.8, 4) is 11.5 Å². The van der Waals surface area contributed by atoms with Gasteiger partial charge in [0.1, 0.15) is 11.5 Å². The summed E-state index contributed by atoms with van der Waals surface area (Å²) in [5, 5.41) is 0. The molecule has 0 spiro atoms. The fourth-order valence-electron chi connectivity index (χ4n) is 1.99. The van der Waals surface area contributed by atoms with E-state index in [2.05, 4.69) is 15.9 Å². The summed E-state index contributed by atoms with van der Waals surface area (Å²) in [6.07, 6.45) is 3.28. The monoisotopic (exact) mass is 360 g/mol. The molecule has 0 unspecified atom stereocenters. The van der Waals surface area contributed by atoms with Crippen LogP contribution < -0.4 is 9.47 Å². The average Bonchev–Trinajstić information content (AvgIpc) is 2.53. The lowest BCUT2D eigenvalue weighted by atomic mass is 10.1. The van der Waals surface area contributed by atoms with E-state index in [0.717, 1.165) is 15.6 Å². The molecular weight excluding hydrogens is 344 g/mol. The van der Waals surface area contributed by atoms with E-state index in [1.54, 1.807) is 32.4 Å². The fraction of sp³-hybridized carbons (Fsp3) is 0.167. The molecule has 3 nitrogen and oxygen atoms in total. The molecule has 0 aromatic heterocycles. The van der Waals surface area contributed by atoms with Gasteiger partial charge in [-0.25, -0.2) is 0 Å². The minimum Gasteiger partial charge on any atom is -0.496 e. The Morgan fingerprint density at radius 1 is 1.05 bits per heavy atom. The Labute approximate surface area is 138 Å². The van der Waals surface area contributed by atoms with E-state index in [9.17, 15) is 4.79 Å². The Bertz CT molecular complexity index is 703. The van der Waals surface area contributed by atoms with Crippen molar-refractivity contribution in [3.05, 3.63) is 63.6 Å². The van der Waals surface area contributed by atoms with Gasteiger partial charge in [-0.15, -0.1) is 0 Å². The molecule has 0 atom stereocenters. The van der Waals surface area contributed by atoms with Crippen LogP contribution in [0.4, 0.5) is 0 Å². The number of carbonyl (C=O) groups is 1. The van der Waals surface area contributed by atoms with Crippen molar-refractivity contribution in [2.24, 2.45) is 0 Å². The number of ketones is 1. The zero-order chi connectivity index (χ0) is 16.1. The van der Waals surface area contributed by atoms with E-state index in [1.165, 1.54) is 0 Å². The molecule has 0 radical (unpaired) electrons. The first-order valence-electron chi connectivity index (χ1n) is 6.75. The van der Waals surface area contributed by atoms with E-state index < -0.39 is 0 Å². The number of methoxy groups -OCH3 is 2. The zero-order valence-corrected chi connectivity index (χ0v) is 14.3. The Morgan fingerprint density at radius 3 is 2.27 bits per heavy atom. The highest BCUT2D eigenvalue weighted by atomic mass is 79.9. The quantitative estimate of drug-likeness (QED) is 0.574. The summed E-state index contributed by atoms with van der Waals surface area (Å²) in [5.41, 5.74) is 2.59. The second-order valence-corrected chi connectivity index (χ2v) is 5.65. The summed E-state index contributed by atoms with van der Waals surface area (Å²) >= 11 is 3.43. The Kier molecular flexibility index (Phi) is 5.39. The number of aryl methyl sites for hydroxylation is 1. The van der Waals surface area contributed by atoms with Crippen molar-refractivity contribution in [1.29, 1.82) is 0 Å². The van der Waals surface area contributed by atoms with E-state index in [0.29, 0.717) is 17.1 Å². The number of allylic oxidation sites excluding steroid dienone is 1. The van der Waals surface area contributed by atoms with Crippen LogP contribution in [0.25, 0.3) is 6.08 Å². The molecule has 0 aliphatic heterocycles. The van der Waals surface area contributed by atoms with Gasteiger partial charge in [0.25, 0.3) is 0 Å². The predicted octanol–water partition coefficient (Wildman–Crippen LogP) is 4.67. The van der Waals surface area contributed by atoms with Gasteiger partial charge in [0, 0.05) is 17.2 Å². The van der Waals surface area contributed by atoms with Crippen LogP contribution in [-0.4, -0.2) is 20.0 Å². The molecule has 0 heterocycles. The zero-order valence-electron chi connectivity index (χ0n) is 12.7. The molecule has 0 saturated heterocycles. The molecule has 2 aromatic carbocycles. The molecule has 0 aliphatic carbocycles. The van der Waals surface area contributed by atoms with Crippen LogP contribution in [0, 0.1) is 6.92 Å². The molecule has 0 N–H and O–H groups in total. The molecule has 0 amide bonds. The van der Waals surface area contributed by atoms with Crippen molar-refractivity contribution in [1.82, 2.24) is 0 Å². The summed E-state index contributed by atoms with van der Waals surface area (Å²) in [7, 11) is 3.18. The molecule has 2 aromatic rings. The highest BCUT2D eigenvalue weighted by Crippen LogP contribution is 2.33. The first-order valence-corrected chi connectivity index (χ1v) is 7.55. The normalized spacial score (nSPS) is 10.7. The lowest BCUT2D eigenvalue weighted by Gasteiger charge is -2.09. The predicted molar refractivity (Wildman–Crippen MR) is 91.8 cm³/mol. The van der Waals surface area contributed by atoms with Gasteiger partial charge in [0.15, 0.2) is 5.78 Å². The summed E-state index contributed by atoms with van der Waals surface area (Å²) in [5.74, 6) is 1.28. The third-order valence-electron chi connectivity index (χ3n) is 3.25. The summed E-state index contributed by atoms with van der Waals surface area (Å²) < 4.78 is 11.4. The summed E-state index contributed by atoms with van der Waals surface area (Å²) in [6, 6.07) is 11.1. The number of hydrogen-bond donors (Lipinski definition) is 0. The number of ether oxygens (including phenoxy) is 2. The lowest BCUT2D eigenvalue weighted by Crippen LogP contribution is -1.95. The van der Waals surface area contributed by atoms with Crippen LogP contribution in [0.3, 0.4) is 0 Å². The van der Waals surface area contributed by atoms with E-state index in [1.807, 2.05) is 37.3 Å². The van der Waals surface area contributed by atoms with Crippen molar-refractivity contribution in [2.75, 3.05) is 14.2 Å². The van der Waals surface area contributed by atoms with Gasteiger partial charge in [-0.3, -0.25) is 4.79 Å². The minimum atomic E-state index is -0.0472. The standard InChI is InChI=1S/C18H17BrO3/c1-12-4-6-13(7-5-12)16(20)9-8-14-10-15(19)18(22-3)11-17(14)21-2/h4-11H,1-3H3. The maximum atomic E-state index is 12.2. The van der Waals surface area contributed by atoms with Crippen molar-refractivity contribution in [3.63, 3.8) is 0 Å². The molecule has 0 aliphatic rings. The van der Waals surface area contributed by atoms with Crippen LogP contribution in [0.2, 0.25) is 0 Å². The molecule has 2 rings (SSSR count). The molecule has 0 fully saturated rings. The fourth-order valence-corrected chi connectivity index (χ4v) is 2.52. The van der Waals surface area contributed by atoms with Crippen LogP contribution >= 0.6 is 15.9 Å². The first-order chi connectivity index (χ1) is 10.5. The Morgan fingerprint density at radius 2 is 1.68 bits per heavy atom. The van der Waals surface area contributed by atoms with Gasteiger partial charge in [-0.05, 0) is 41.1 Å². The SMILES string of the molecule is COc1cc(OC)c(C=CC(=O)c2ccc(C)cc2)cc1Br. The third kappa shape index (κ3) is 3.77. The van der Waals surface area contributed by atoms with Gasteiger partial charge in [0.2, 0.25) is 0 Å². The number of rotatable bonds is 5. The average molecular weight is 361 g/mol. The number of halogens is 1. The van der Waals surface area contributed by atoms with Crippen LogP contribution in [-0.2, 0) is 0 Å². The van der Waals surface area contributed by atoms with Crippen LogP contribution in [0.1, 0.15) is 21.5 Å². The molecule has 0 saturated carbocycles. The number of hydrogen-bond acceptors (Lipinski definition) is 3. The molecule has 4 heteroatoms. The molecule has 114 valence electrons. The van der Waals surface area contributed by atoms with E-state index in [-0.39, 0.29) is 5.78 Å². The lowest BCUT2D eigenvalue weighted by molar-refractivity contribution is 0.104. The van der Waals surface area contributed by atoms with E-state index >= 15 is 0 Å². The second kappa shape index (κ2) is 7.27. The van der Waals surface area contributed by atoms with Crippen LogP contribution in [0.5, 0.6) is 11.5 Å². The molecule has 0 bridgehead atoms. The minimum absolute atomic E-state index is 0.0472. The summed E-state index contributed by atoms with van der Waals surface area (Å²) in [4.78, 5) is 12.2. The van der Waals surface area contributed by atoms with Gasteiger partial charge >= 0.3 is 0 Å². The Hall–Kier alpha value is -2.07. The largest absolute Gasteiger partial charge is 0.496 e. The van der Waals surface area contributed by atoms with Gasteiger partial charge in [-0.1, -0.05) is 29.8 Å². The highest BCUT2D eigenvalue weighted by molar-refractivity contribution is 9.10. The highest BCUT2D eigenvalue weighted by Gasteiger charge is 2.08. The first kappa shape index (κ1) is 16.3. The third-order valence-corrected chi connectivity index (χ3v) is 3.87. The van der Waals surface area contributed by atoms with Crippen molar-refractivity contribution >= 4 is 27.8 Å². The Balaban J connectivity index is 2.27. The maximum Gasteiger partial charge on any atom is 0.185 e. The molecule has 22 heavy (non-hydrogen) atoms. The number of carbonyl (C=O) groups excluding carboxylic acids is 1. The van der Waals surface area contributed by atoms with E-state index in [4.69, 9.17) is 9.47 Å². The van der Waals surface area contributed by atoms with Gasteiger partial charge in [0.05, 0.1) is 18.7 Å². The van der Waals surface area contributed by atoms with Crippen LogP contribution in [0.15, 0.2) is 46.9 Å². The van der Waals surface area contributed by atoms with Gasteiger partial charge in [-0.2, -0.15) is 0 Å². The van der Waals surface area contributed by atoms with Gasteiger partial charge < -0.3 is 9.47 Å². The van der Waals surface area contributed by atoms with Crippen molar-refractivity contribution in [2.45, 2.75) is 6.92 Å². The number of benzene rings is 2.